The van der Waals surface area contributed by atoms with Crippen molar-refractivity contribution in [3.8, 4) is 5.75 Å². The number of furan rings is 1. The van der Waals surface area contributed by atoms with Crippen molar-refractivity contribution in [2.45, 2.75) is 26.3 Å². The lowest BCUT2D eigenvalue weighted by molar-refractivity contribution is -0.123. The summed E-state index contributed by atoms with van der Waals surface area (Å²) in [5, 5.41) is 2.90. The van der Waals surface area contributed by atoms with E-state index < -0.39 is 0 Å². The molecule has 1 aromatic carbocycles. The van der Waals surface area contributed by atoms with Gasteiger partial charge in [0.2, 0.25) is 0 Å². The molecule has 1 heterocycles. The fourth-order valence-electron chi connectivity index (χ4n) is 1.99. The lowest BCUT2D eigenvalue weighted by Gasteiger charge is -2.14. The van der Waals surface area contributed by atoms with E-state index in [9.17, 15) is 4.79 Å². The number of para-hydroxylation sites is 1. The molecule has 0 aliphatic carbocycles. The molecule has 0 saturated heterocycles. The first-order chi connectivity index (χ1) is 9.65. The van der Waals surface area contributed by atoms with E-state index in [0.717, 1.165) is 23.3 Å². The van der Waals surface area contributed by atoms with Crippen molar-refractivity contribution < 1.29 is 13.9 Å². The zero-order valence-electron chi connectivity index (χ0n) is 11.8. The summed E-state index contributed by atoms with van der Waals surface area (Å²) in [6.07, 6.45) is 4.06. The first kappa shape index (κ1) is 14.2. The molecule has 0 unspecified atom stereocenters. The molecule has 1 N–H and O–H groups in total. The van der Waals surface area contributed by atoms with Crippen LogP contribution in [0.4, 0.5) is 0 Å². The van der Waals surface area contributed by atoms with Crippen LogP contribution in [-0.4, -0.2) is 18.6 Å². The van der Waals surface area contributed by atoms with Crippen LogP contribution >= 0.6 is 0 Å². The number of benzene rings is 1. The fourth-order valence-corrected chi connectivity index (χ4v) is 1.99. The van der Waals surface area contributed by atoms with Crippen LogP contribution in [0.5, 0.6) is 5.75 Å². The van der Waals surface area contributed by atoms with Crippen LogP contribution in [0.3, 0.4) is 0 Å². The van der Waals surface area contributed by atoms with Gasteiger partial charge in [0.05, 0.1) is 12.5 Å². The fraction of sp³-hybridized carbons (Fsp3) is 0.312. The highest BCUT2D eigenvalue weighted by Crippen LogP contribution is 2.15. The van der Waals surface area contributed by atoms with Gasteiger partial charge in [-0.15, -0.1) is 0 Å². The highest BCUT2D eigenvalue weighted by molar-refractivity contribution is 5.77. The van der Waals surface area contributed by atoms with E-state index in [1.807, 2.05) is 44.2 Å². The summed E-state index contributed by atoms with van der Waals surface area (Å²) >= 11 is 0. The topological polar surface area (TPSA) is 51.5 Å². The van der Waals surface area contributed by atoms with Crippen LogP contribution in [0, 0.1) is 6.92 Å². The third-order valence-corrected chi connectivity index (χ3v) is 2.98. The summed E-state index contributed by atoms with van der Waals surface area (Å²) in [4.78, 5) is 11.8. The van der Waals surface area contributed by atoms with Gasteiger partial charge in [0.15, 0.2) is 6.61 Å². The molecule has 2 aromatic rings. The minimum absolute atomic E-state index is 0.0284. The molecule has 0 fully saturated rings. The Morgan fingerprint density at radius 1 is 1.35 bits per heavy atom. The standard InChI is InChI=1S/C16H19NO3/c1-12-5-3-4-6-15(12)20-11-16(18)17-13(2)9-14-7-8-19-10-14/h3-8,10,13H,9,11H2,1-2H3,(H,17,18)/t13-/m0/s1. The molecule has 2 rings (SSSR count). The number of hydrogen-bond acceptors (Lipinski definition) is 3. The monoisotopic (exact) mass is 273 g/mol. The third kappa shape index (κ3) is 4.16. The predicted octanol–water partition coefficient (Wildman–Crippen LogP) is 2.71. The van der Waals surface area contributed by atoms with Crippen molar-refractivity contribution in [1.82, 2.24) is 5.32 Å². The molecule has 0 saturated carbocycles. The molecule has 0 aliphatic rings. The van der Waals surface area contributed by atoms with E-state index in [-0.39, 0.29) is 18.6 Å². The van der Waals surface area contributed by atoms with E-state index in [1.165, 1.54) is 0 Å². The van der Waals surface area contributed by atoms with Crippen molar-refractivity contribution in [2.75, 3.05) is 6.61 Å². The van der Waals surface area contributed by atoms with Crippen LogP contribution in [-0.2, 0) is 11.2 Å². The third-order valence-electron chi connectivity index (χ3n) is 2.98. The molecule has 4 nitrogen and oxygen atoms in total. The van der Waals surface area contributed by atoms with Gasteiger partial charge in [-0.25, -0.2) is 0 Å². The summed E-state index contributed by atoms with van der Waals surface area (Å²) in [6, 6.07) is 9.58. The minimum atomic E-state index is -0.121. The lowest BCUT2D eigenvalue weighted by atomic mass is 10.1. The van der Waals surface area contributed by atoms with Gasteiger partial charge in [0.25, 0.3) is 5.91 Å². The Morgan fingerprint density at radius 3 is 2.85 bits per heavy atom. The zero-order valence-corrected chi connectivity index (χ0v) is 11.8. The molecule has 4 heteroatoms. The number of aryl methyl sites for hydroxylation is 1. The molecular formula is C16H19NO3. The predicted molar refractivity (Wildman–Crippen MR) is 76.7 cm³/mol. The maximum atomic E-state index is 11.8. The zero-order chi connectivity index (χ0) is 14.4. The molecule has 0 bridgehead atoms. The number of hydrogen-bond donors (Lipinski definition) is 1. The number of ether oxygens (including phenoxy) is 1. The van der Waals surface area contributed by atoms with E-state index >= 15 is 0 Å². The molecule has 1 atom stereocenters. The Hall–Kier alpha value is -2.23. The SMILES string of the molecule is Cc1ccccc1OCC(=O)N[C@@H](C)Cc1ccoc1. The molecule has 0 spiro atoms. The quantitative estimate of drug-likeness (QED) is 0.880. The van der Waals surface area contributed by atoms with E-state index in [4.69, 9.17) is 9.15 Å². The average Bonchev–Trinajstić information content (AvgIpc) is 2.90. The van der Waals surface area contributed by atoms with Crippen molar-refractivity contribution in [1.29, 1.82) is 0 Å². The number of carbonyl (C=O) groups excluding carboxylic acids is 1. The highest BCUT2D eigenvalue weighted by atomic mass is 16.5. The normalized spacial score (nSPS) is 11.9. The Bertz CT molecular complexity index is 549. The van der Waals surface area contributed by atoms with Gasteiger partial charge in [-0.1, -0.05) is 18.2 Å². The van der Waals surface area contributed by atoms with Crippen LogP contribution in [0.2, 0.25) is 0 Å². The van der Waals surface area contributed by atoms with E-state index in [2.05, 4.69) is 5.32 Å². The first-order valence-electron chi connectivity index (χ1n) is 6.64. The smallest absolute Gasteiger partial charge is 0.258 e. The van der Waals surface area contributed by atoms with Crippen LogP contribution < -0.4 is 10.1 Å². The number of nitrogens with one attached hydrogen (secondary N) is 1. The molecule has 1 amide bonds. The van der Waals surface area contributed by atoms with Gasteiger partial charge in [0, 0.05) is 6.04 Å². The maximum Gasteiger partial charge on any atom is 0.258 e. The summed E-state index contributed by atoms with van der Waals surface area (Å²) in [6.45, 7) is 3.94. The van der Waals surface area contributed by atoms with Crippen LogP contribution in [0.1, 0.15) is 18.1 Å². The van der Waals surface area contributed by atoms with E-state index in [0.29, 0.717) is 0 Å². The Kier molecular flexibility index (Phi) is 4.82. The highest BCUT2D eigenvalue weighted by Gasteiger charge is 2.10. The van der Waals surface area contributed by atoms with Crippen molar-refractivity contribution in [3.05, 3.63) is 54.0 Å². The number of amides is 1. The first-order valence-corrected chi connectivity index (χ1v) is 6.64. The van der Waals surface area contributed by atoms with Crippen LogP contribution in [0.25, 0.3) is 0 Å². The Morgan fingerprint density at radius 2 is 2.15 bits per heavy atom. The second-order valence-corrected chi connectivity index (χ2v) is 4.86. The van der Waals surface area contributed by atoms with Crippen molar-refractivity contribution in [3.63, 3.8) is 0 Å². The molecular weight excluding hydrogens is 254 g/mol. The van der Waals surface area contributed by atoms with Gasteiger partial charge >= 0.3 is 0 Å². The van der Waals surface area contributed by atoms with Gasteiger partial charge in [-0.3, -0.25) is 4.79 Å². The Labute approximate surface area is 118 Å². The summed E-state index contributed by atoms with van der Waals surface area (Å²) in [5.41, 5.74) is 2.09. The molecule has 1 aromatic heterocycles. The van der Waals surface area contributed by atoms with Gasteiger partial charge in [0.1, 0.15) is 5.75 Å². The van der Waals surface area contributed by atoms with Gasteiger partial charge in [-0.2, -0.15) is 0 Å². The van der Waals surface area contributed by atoms with E-state index in [1.54, 1.807) is 12.5 Å². The summed E-state index contributed by atoms with van der Waals surface area (Å²) in [5.74, 6) is 0.620. The molecule has 0 aliphatic heterocycles. The van der Waals surface area contributed by atoms with Crippen molar-refractivity contribution in [2.24, 2.45) is 0 Å². The van der Waals surface area contributed by atoms with Crippen molar-refractivity contribution >= 4 is 5.91 Å². The molecule has 0 radical (unpaired) electrons. The number of carbonyl (C=O) groups is 1. The van der Waals surface area contributed by atoms with Crippen LogP contribution in [0.15, 0.2) is 47.3 Å². The maximum absolute atomic E-state index is 11.8. The summed E-state index contributed by atoms with van der Waals surface area (Å²) in [7, 11) is 0. The number of rotatable bonds is 6. The van der Waals surface area contributed by atoms with Gasteiger partial charge in [-0.05, 0) is 43.5 Å². The second kappa shape index (κ2) is 6.80. The minimum Gasteiger partial charge on any atom is -0.484 e. The largest absolute Gasteiger partial charge is 0.484 e. The summed E-state index contributed by atoms with van der Waals surface area (Å²) < 4.78 is 10.5. The van der Waals surface area contributed by atoms with Gasteiger partial charge < -0.3 is 14.5 Å². The molecule has 20 heavy (non-hydrogen) atoms. The molecule has 106 valence electrons. The Balaban J connectivity index is 1.76. The second-order valence-electron chi connectivity index (χ2n) is 4.86. The lowest BCUT2D eigenvalue weighted by Crippen LogP contribution is -2.37. The average molecular weight is 273 g/mol.